The predicted octanol–water partition coefficient (Wildman–Crippen LogP) is 1.01. The molecule has 0 amide bonds. The van der Waals surface area contributed by atoms with Crippen molar-refractivity contribution in [3.05, 3.63) is 23.1 Å². The molecular weight excluding hydrogens is 316 g/mol. The molecular formula is C14H22N6O2S. The van der Waals surface area contributed by atoms with Crippen molar-refractivity contribution < 1.29 is 8.42 Å². The van der Waals surface area contributed by atoms with Crippen molar-refractivity contribution in [2.45, 2.75) is 44.6 Å². The van der Waals surface area contributed by atoms with Crippen LogP contribution in [0.25, 0.3) is 0 Å². The van der Waals surface area contributed by atoms with Crippen molar-refractivity contribution in [2.75, 3.05) is 18.0 Å². The van der Waals surface area contributed by atoms with E-state index in [1.807, 2.05) is 13.0 Å². The number of anilines is 1. The Hall–Kier alpha value is -1.87. The zero-order valence-corrected chi connectivity index (χ0v) is 14.4. The molecule has 1 aliphatic rings. The predicted molar refractivity (Wildman–Crippen MR) is 86.9 cm³/mol. The molecule has 126 valence electrons. The number of H-pyrrole nitrogens is 2. The summed E-state index contributed by atoms with van der Waals surface area (Å²) in [6, 6.07) is 1.94. The van der Waals surface area contributed by atoms with Gasteiger partial charge in [-0.3, -0.25) is 10.2 Å². The van der Waals surface area contributed by atoms with Gasteiger partial charge in [0, 0.05) is 30.9 Å². The summed E-state index contributed by atoms with van der Waals surface area (Å²) in [4.78, 5) is 2.44. The molecule has 0 spiro atoms. The van der Waals surface area contributed by atoms with Gasteiger partial charge in [-0.2, -0.15) is 10.2 Å². The Balaban J connectivity index is 1.64. The summed E-state index contributed by atoms with van der Waals surface area (Å²) >= 11 is 0. The van der Waals surface area contributed by atoms with E-state index in [1.54, 1.807) is 13.8 Å². The number of aromatic amines is 2. The minimum absolute atomic E-state index is 0.0648. The minimum atomic E-state index is -3.54. The maximum absolute atomic E-state index is 12.6. The van der Waals surface area contributed by atoms with E-state index in [0.717, 1.165) is 37.4 Å². The van der Waals surface area contributed by atoms with Crippen LogP contribution in [0.1, 0.15) is 29.9 Å². The van der Waals surface area contributed by atoms with Crippen LogP contribution in [0, 0.1) is 20.8 Å². The first kappa shape index (κ1) is 16.0. The fourth-order valence-electron chi connectivity index (χ4n) is 3.01. The van der Waals surface area contributed by atoms with Gasteiger partial charge in [0.1, 0.15) is 4.90 Å². The third kappa shape index (κ3) is 3.25. The number of nitrogens with zero attached hydrogens (tertiary/aromatic N) is 3. The van der Waals surface area contributed by atoms with Crippen LogP contribution in [-0.2, 0) is 10.0 Å². The van der Waals surface area contributed by atoms with Gasteiger partial charge >= 0.3 is 0 Å². The molecule has 9 heteroatoms. The lowest BCUT2D eigenvalue weighted by molar-refractivity contribution is 0.458. The topological polar surface area (TPSA) is 107 Å². The Morgan fingerprint density at radius 3 is 2.39 bits per heavy atom. The van der Waals surface area contributed by atoms with Crippen molar-refractivity contribution in [2.24, 2.45) is 0 Å². The van der Waals surface area contributed by atoms with E-state index >= 15 is 0 Å². The summed E-state index contributed by atoms with van der Waals surface area (Å²) in [6.07, 6.45) is 1.50. The van der Waals surface area contributed by atoms with Gasteiger partial charge in [-0.15, -0.1) is 0 Å². The van der Waals surface area contributed by atoms with Crippen LogP contribution in [0.5, 0.6) is 0 Å². The monoisotopic (exact) mass is 338 g/mol. The summed E-state index contributed by atoms with van der Waals surface area (Å²) in [5, 5.41) is 13.9. The van der Waals surface area contributed by atoms with Crippen molar-refractivity contribution >= 4 is 15.8 Å². The van der Waals surface area contributed by atoms with Gasteiger partial charge in [-0.25, -0.2) is 13.1 Å². The Kier molecular flexibility index (Phi) is 4.15. The number of piperidine rings is 1. The van der Waals surface area contributed by atoms with Gasteiger partial charge in [0.15, 0.2) is 5.82 Å². The largest absolute Gasteiger partial charge is 0.355 e. The first-order valence-corrected chi connectivity index (χ1v) is 9.16. The van der Waals surface area contributed by atoms with Crippen molar-refractivity contribution in [3.63, 3.8) is 0 Å². The van der Waals surface area contributed by atoms with Crippen molar-refractivity contribution in [1.82, 2.24) is 25.1 Å². The molecule has 23 heavy (non-hydrogen) atoms. The Morgan fingerprint density at radius 2 is 1.87 bits per heavy atom. The Labute approximate surface area is 135 Å². The molecule has 0 atom stereocenters. The number of aromatic nitrogens is 4. The molecule has 3 heterocycles. The SMILES string of the molecule is Cc1cc(N2CCC(NS(=O)(=O)c3c(C)n[nH]c3C)CC2)n[nH]1. The number of sulfonamides is 1. The molecule has 0 saturated carbocycles. The number of aryl methyl sites for hydroxylation is 3. The smallest absolute Gasteiger partial charge is 0.244 e. The zero-order chi connectivity index (χ0) is 16.6. The van der Waals surface area contributed by atoms with Crippen LogP contribution < -0.4 is 9.62 Å². The molecule has 0 unspecified atom stereocenters. The van der Waals surface area contributed by atoms with Crippen LogP contribution in [0.2, 0.25) is 0 Å². The van der Waals surface area contributed by atoms with E-state index in [4.69, 9.17) is 0 Å². The quantitative estimate of drug-likeness (QED) is 0.771. The van der Waals surface area contributed by atoms with Crippen molar-refractivity contribution in [3.8, 4) is 0 Å². The summed E-state index contributed by atoms with van der Waals surface area (Å²) in [6.45, 7) is 6.94. The molecule has 0 aliphatic carbocycles. The van der Waals surface area contributed by atoms with Gasteiger partial charge in [0.2, 0.25) is 10.0 Å². The third-order valence-corrected chi connectivity index (χ3v) is 5.95. The third-order valence-electron chi connectivity index (χ3n) is 4.16. The van der Waals surface area contributed by atoms with Crippen LogP contribution in [0.4, 0.5) is 5.82 Å². The molecule has 0 radical (unpaired) electrons. The molecule has 1 saturated heterocycles. The van der Waals surface area contributed by atoms with E-state index in [0.29, 0.717) is 11.4 Å². The first-order chi connectivity index (χ1) is 10.9. The maximum Gasteiger partial charge on any atom is 0.244 e. The number of hydrogen-bond donors (Lipinski definition) is 3. The van der Waals surface area contributed by atoms with Gasteiger partial charge in [-0.1, -0.05) is 0 Å². The second-order valence-electron chi connectivity index (χ2n) is 6.05. The lowest BCUT2D eigenvalue weighted by Crippen LogP contribution is -2.44. The first-order valence-electron chi connectivity index (χ1n) is 7.67. The fourth-order valence-corrected chi connectivity index (χ4v) is 4.68. The second kappa shape index (κ2) is 5.97. The Morgan fingerprint density at radius 1 is 1.17 bits per heavy atom. The molecule has 3 rings (SSSR count). The standard InChI is InChI=1S/C14H22N6O2S/c1-9-8-13(18-15-9)20-6-4-12(5-7-20)19-23(21,22)14-10(2)16-17-11(14)3/h8,12,19H,4-7H2,1-3H3,(H,15,18)(H,16,17). The zero-order valence-electron chi connectivity index (χ0n) is 13.5. The van der Waals surface area contributed by atoms with Crippen LogP contribution in [0.15, 0.2) is 11.0 Å². The molecule has 2 aromatic heterocycles. The molecule has 3 N–H and O–H groups in total. The lowest BCUT2D eigenvalue weighted by atomic mass is 10.1. The van der Waals surface area contributed by atoms with E-state index in [9.17, 15) is 8.42 Å². The van der Waals surface area contributed by atoms with Gasteiger partial charge in [-0.05, 0) is 33.6 Å². The lowest BCUT2D eigenvalue weighted by Gasteiger charge is -2.32. The van der Waals surface area contributed by atoms with Crippen LogP contribution in [-0.4, -0.2) is 47.9 Å². The minimum Gasteiger partial charge on any atom is -0.355 e. The highest BCUT2D eigenvalue weighted by molar-refractivity contribution is 7.89. The van der Waals surface area contributed by atoms with Gasteiger partial charge < -0.3 is 4.90 Å². The summed E-state index contributed by atoms with van der Waals surface area (Å²) in [5.74, 6) is 0.922. The molecule has 1 aliphatic heterocycles. The maximum atomic E-state index is 12.6. The van der Waals surface area contributed by atoms with E-state index < -0.39 is 10.0 Å². The average Bonchev–Trinajstić information content (AvgIpc) is 3.06. The fraction of sp³-hybridized carbons (Fsp3) is 0.571. The normalized spacial score (nSPS) is 16.9. The Bertz CT molecular complexity index is 767. The van der Waals surface area contributed by atoms with Crippen LogP contribution in [0.3, 0.4) is 0 Å². The molecule has 1 fully saturated rings. The van der Waals surface area contributed by atoms with Crippen molar-refractivity contribution in [1.29, 1.82) is 0 Å². The highest BCUT2D eigenvalue weighted by Gasteiger charge is 2.28. The molecule has 8 nitrogen and oxygen atoms in total. The number of rotatable bonds is 4. The number of hydrogen-bond acceptors (Lipinski definition) is 5. The molecule has 2 aromatic rings. The summed E-state index contributed by atoms with van der Waals surface area (Å²) in [5.41, 5.74) is 2.09. The molecule has 0 aromatic carbocycles. The average molecular weight is 338 g/mol. The number of nitrogens with one attached hydrogen (secondary N) is 3. The second-order valence-corrected chi connectivity index (χ2v) is 7.71. The van der Waals surface area contributed by atoms with Crippen LogP contribution >= 0.6 is 0 Å². The molecule has 0 bridgehead atoms. The van der Waals surface area contributed by atoms with E-state index in [2.05, 4.69) is 30.0 Å². The summed E-state index contributed by atoms with van der Waals surface area (Å²) in [7, 11) is -3.54. The van der Waals surface area contributed by atoms with Gasteiger partial charge in [0.05, 0.1) is 11.4 Å². The highest BCUT2D eigenvalue weighted by Crippen LogP contribution is 2.21. The summed E-state index contributed by atoms with van der Waals surface area (Å²) < 4.78 is 27.9. The van der Waals surface area contributed by atoms with Gasteiger partial charge in [0.25, 0.3) is 0 Å². The highest BCUT2D eigenvalue weighted by atomic mass is 32.2. The van der Waals surface area contributed by atoms with E-state index in [-0.39, 0.29) is 10.9 Å². The van der Waals surface area contributed by atoms with E-state index in [1.165, 1.54) is 0 Å².